The zero-order valence-corrected chi connectivity index (χ0v) is 15.2. The van der Waals surface area contributed by atoms with E-state index in [1.54, 1.807) is 18.2 Å². The van der Waals surface area contributed by atoms with Gasteiger partial charge in [0.2, 0.25) is 5.91 Å². The molecule has 1 N–H and O–H groups in total. The number of nitro groups is 1. The first-order valence-corrected chi connectivity index (χ1v) is 8.57. The number of hydrogen-bond donors (Lipinski definition) is 1. The molecule has 1 atom stereocenters. The molecule has 1 aliphatic heterocycles. The van der Waals surface area contributed by atoms with Gasteiger partial charge in [-0.2, -0.15) is 0 Å². The standard InChI is InChI=1S/C20H19N3O4/c1-11(2)16-10-19(24)22-17-9-13(7-8-15(16)17)21-20(25)14-5-4-6-18(12(14)3)23(26)27/h4-11,15H,1-3H3,(H,22,24). The SMILES string of the molecule is Cc1c(C(=O)N=C2C=CC3C(=C2)NC(=O)C=C3C(C)C)cccc1[N+](=O)[O-]. The first kappa shape index (κ1) is 18.4. The molecule has 2 amide bonds. The first-order chi connectivity index (χ1) is 12.8. The number of rotatable bonds is 3. The number of benzene rings is 1. The van der Waals surface area contributed by atoms with Gasteiger partial charge >= 0.3 is 0 Å². The summed E-state index contributed by atoms with van der Waals surface area (Å²) in [6.45, 7) is 5.57. The molecule has 1 aliphatic carbocycles. The molecule has 0 saturated carbocycles. The number of nitrogens with one attached hydrogen (secondary N) is 1. The Morgan fingerprint density at radius 1 is 1.30 bits per heavy atom. The Balaban J connectivity index is 1.92. The van der Waals surface area contributed by atoms with Gasteiger partial charge in [-0.05, 0) is 36.6 Å². The predicted octanol–water partition coefficient (Wildman–Crippen LogP) is 3.27. The van der Waals surface area contributed by atoms with Gasteiger partial charge in [0, 0.05) is 29.3 Å². The Morgan fingerprint density at radius 3 is 2.70 bits per heavy atom. The van der Waals surface area contributed by atoms with Crippen LogP contribution in [0.4, 0.5) is 5.69 Å². The van der Waals surface area contributed by atoms with Gasteiger partial charge in [0.1, 0.15) is 0 Å². The van der Waals surface area contributed by atoms with Gasteiger partial charge in [0.05, 0.1) is 16.2 Å². The molecule has 1 aromatic carbocycles. The molecule has 138 valence electrons. The van der Waals surface area contributed by atoms with Crippen molar-refractivity contribution < 1.29 is 14.5 Å². The fourth-order valence-electron chi connectivity index (χ4n) is 3.25. The van der Waals surface area contributed by atoms with Crippen LogP contribution < -0.4 is 5.32 Å². The number of amides is 2. The van der Waals surface area contributed by atoms with Crippen molar-refractivity contribution in [3.63, 3.8) is 0 Å². The molecular formula is C20H19N3O4. The number of allylic oxidation sites excluding steroid dienone is 3. The molecular weight excluding hydrogens is 346 g/mol. The Bertz CT molecular complexity index is 967. The number of aliphatic imine (C=N–C) groups is 1. The van der Waals surface area contributed by atoms with Gasteiger partial charge in [0.15, 0.2) is 0 Å². The minimum Gasteiger partial charge on any atom is -0.325 e. The van der Waals surface area contributed by atoms with Crippen molar-refractivity contribution in [3.05, 3.63) is 75.0 Å². The van der Waals surface area contributed by atoms with Crippen LogP contribution in [0.5, 0.6) is 0 Å². The summed E-state index contributed by atoms with van der Waals surface area (Å²) in [5, 5.41) is 13.8. The average molecular weight is 365 g/mol. The third-order valence-electron chi connectivity index (χ3n) is 4.65. The summed E-state index contributed by atoms with van der Waals surface area (Å²) in [5.41, 5.74) is 2.41. The third kappa shape index (κ3) is 3.62. The summed E-state index contributed by atoms with van der Waals surface area (Å²) in [5.74, 6) is -0.595. The second kappa shape index (κ2) is 7.11. The van der Waals surface area contributed by atoms with E-state index in [9.17, 15) is 19.7 Å². The summed E-state index contributed by atoms with van der Waals surface area (Å²) >= 11 is 0. The van der Waals surface area contributed by atoms with Crippen LogP contribution in [-0.4, -0.2) is 22.4 Å². The lowest BCUT2D eigenvalue weighted by atomic mass is 9.82. The van der Waals surface area contributed by atoms with Gasteiger partial charge < -0.3 is 5.32 Å². The Morgan fingerprint density at radius 2 is 2.04 bits per heavy atom. The molecule has 7 heteroatoms. The van der Waals surface area contributed by atoms with E-state index in [0.717, 1.165) is 5.57 Å². The maximum atomic E-state index is 12.5. The van der Waals surface area contributed by atoms with E-state index in [2.05, 4.69) is 10.3 Å². The highest BCUT2D eigenvalue weighted by atomic mass is 16.6. The zero-order chi connectivity index (χ0) is 19.7. The summed E-state index contributed by atoms with van der Waals surface area (Å²) in [6.07, 6.45) is 6.90. The average Bonchev–Trinajstić information content (AvgIpc) is 2.60. The molecule has 2 aliphatic rings. The molecule has 0 aromatic heterocycles. The highest BCUT2D eigenvalue weighted by molar-refractivity contribution is 6.14. The lowest BCUT2D eigenvalue weighted by molar-refractivity contribution is -0.385. The Kier molecular flexibility index (Phi) is 4.85. The first-order valence-electron chi connectivity index (χ1n) is 8.57. The second-order valence-electron chi connectivity index (χ2n) is 6.77. The van der Waals surface area contributed by atoms with Crippen LogP contribution in [0.3, 0.4) is 0 Å². The fraction of sp³-hybridized carbons (Fsp3) is 0.250. The Labute approximate surface area is 156 Å². The molecule has 0 spiro atoms. The van der Waals surface area contributed by atoms with E-state index in [-0.39, 0.29) is 34.6 Å². The molecule has 0 radical (unpaired) electrons. The van der Waals surface area contributed by atoms with E-state index in [0.29, 0.717) is 11.4 Å². The van der Waals surface area contributed by atoms with Crippen molar-refractivity contribution in [1.82, 2.24) is 5.32 Å². The number of carbonyl (C=O) groups excluding carboxylic acids is 2. The molecule has 7 nitrogen and oxygen atoms in total. The van der Waals surface area contributed by atoms with E-state index in [1.165, 1.54) is 25.1 Å². The number of nitrogens with zero attached hydrogens (tertiary/aromatic N) is 2. The molecule has 1 unspecified atom stereocenters. The van der Waals surface area contributed by atoms with E-state index in [4.69, 9.17) is 0 Å². The van der Waals surface area contributed by atoms with Crippen LogP contribution in [-0.2, 0) is 4.79 Å². The van der Waals surface area contributed by atoms with Gasteiger partial charge in [-0.25, -0.2) is 4.99 Å². The maximum absolute atomic E-state index is 12.5. The van der Waals surface area contributed by atoms with Crippen LogP contribution in [0, 0.1) is 28.9 Å². The lowest BCUT2D eigenvalue weighted by Crippen LogP contribution is -2.34. The number of hydrogen-bond acceptors (Lipinski definition) is 4. The monoisotopic (exact) mass is 365 g/mol. The smallest absolute Gasteiger partial charge is 0.278 e. The maximum Gasteiger partial charge on any atom is 0.278 e. The highest BCUT2D eigenvalue weighted by Crippen LogP contribution is 2.31. The van der Waals surface area contributed by atoms with E-state index < -0.39 is 10.8 Å². The summed E-state index contributed by atoms with van der Waals surface area (Å²) in [6, 6.07) is 4.33. The number of nitro benzene ring substituents is 1. The fourth-order valence-corrected chi connectivity index (χ4v) is 3.25. The molecule has 27 heavy (non-hydrogen) atoms. The molecule has 0 bridgehead atoms. The Hall–Kier alpha value is -3.35. The summed E-state index contributed by atoms with van der Waals surface area (Å²) in [4.78, 5) is 39.0. The minimum absolute atomic E-state index is 0.0451. The van der Waals surface area contributed by atoms with E-state index in [1.807, 2.05) is 19.9 Å². The highest BCUT2D eigenvalue weighted by Gasteiger charge is 2.28. The van der Waals surface area contributed by atoms with Crippen molar-refractivity contribution in [1.29, 1.82) is 0 Å². The third-order valence-corrected chi connectivity index (χ3v) is 4.65. The van der Waals surface area contributed by atoms with Gasteiger partial charge in [-0.3, -0.25) is 19.7 Å². The summed E-state index contributed by atoms with van der Waals surface area (Å²) < 4.78 is 0. The topological polar surface area (TPSA) is 102 Å². The van der Waals surface area contributed by atoms with Crippen LogP contribution in [0.15, 0.2) is 58.8 Å². The van der Waals surface area contributed by atoms with Gasteiger partial charge in [-0.15, -0.1) is 0 Å². The van der Waals surface area contributed by atoms with Crippen molar-refractivity contribution in [3.8, 4) is 0 Å². The molecule has 1 aromatic rings. The minimum atomic E-state index is -0.562. The predicted molar refractivity (Wildman–Crippen MR) is 101 cm³/mol. The molecule has 1 heterocycles. The van der Waals surface area contributed by atoms with Crippen molar-refractivity contribution in [2.75, 3.05) is 0 Å². The largest absolute Gasteiger partial charge is 0.325 e. The number of fused-ring (bicyclic) bond motifs is 1. The number of carbonyl (C=O) groups is 2. The van der Waals surface area contributed by atoms with Crippen molar-refractivity contribution in [2.24, 2.45) is 16.8 Å². The second-order valence-corrected chi connectivity index (χ2v) is 6.77. The van der Waals surface area contributed by atoms with Crippen LogP contribution >= 0.6 is 0 Å². The zero-order valence-electron chi connectivity index (χ0n) is 15.2. The van der Waals surface area contributed by atoms with Crippen LogP contribution in [0.1, 0.15) is 29.8 Å². The van der Waals surface area contributed by atoms with Crippen molar-refractivity contribution in [2.45, 2.75) is 20.8 Å². The van der Waals surface area contributed by atoms with Crippen molar-refractivity contribution >= 4 is 23.2 Å². The molecule has 3 rings (SSSR count). The lowest BCUT2D eigenvalue weighted by Gasteiger charge is -2.29. The quantitative estimate of drug-likeness (QED) is 0.656. The van der Waals surface area contributed by atoms with Gasteiger partial charge in [0.25, 0.3) is 11.6 Å². The summed E-state index contributed by atoms with van der Waals surface area (Å²) in [7, 11) is 0. The van der Waals surface area contributed by atoms with Crippen LogP contribution in [0.2, 0.25) is 0 Å². The molecule has 0 fully saturated rings. The van der Waals surface area contributed by atoms with Crippen LogP contribution in [0.25, 0.3) is 0 Å². The van der Waals surface area contributed by atoms with E-state index >= 15 is 0 Å². The molecule has 0 saturated heterocycles. The van der Waals surface area contributed by atoms with Gasteiger partial charge in [-0.1, -0.05) is 26.0 Å². The normalized spacial score (nSPS) is 20.1.